The molecule has 0 saturated carbocycles. The molecule has 124 valence electrons. The number of hydrogen-bond donors (Lipinski definition) is 2. The van der Waals surface area contributed by atoms with Gasteiger partial charge >= 0.3 is 5.97 Å². The summed E-state index contributed by atoms with van der Waals surface area (Å²) in [4.78, 5) is 28.8. The number of fused-ring (bicyclic) bond motifs is 1. The summed E-state index contributed by atoms with van der Waals surface area (Å²) in [5, 5.41) is 9.01. The van der Waals surface area contributed by atoms with E-state index in [9.17, 15) is 9.59 Å². The Labute approximate surface area is 133 Å². The molecule has 0 saturated heterocycles. The van der Waals surface area contributed by atoms with Crippen molar-refractivity contribution >= 4 is 16.9 Å². The highest BCUT2D eigenvalue weighted by molar-refractivity contribution is 5.81. The van der Waals surface area contributed by atoms with E-state index in [0.29, 0.717) is 35.4 Å². The van der Waals surface area contributed by atoms with Gasteiger partial charge in [-0.25, -0.2) is 4.98 Å². The zero-order valence-corrected chi connectivity index (χ0v) is 13.0. The highest BCUT2D eigenvalue weighted by Gasteiger charge is 2.09. The SMILES string of the molecule is COc1cc2c(=O)[nH]cnc2cc1OCCCCCCC(=O)O. The molecule has 1 heterocycles. The van der Waals surface area contributed by atoms with E-state index in [1.807, 2.05) is 0 Å². The molecular weight excluding hydrogens is 300 g/mol. The summed E-state index contributed by atoms with van der Waals surface area (Å²) in [6, 6.07) is 3.30. The van der Waals surface area contributed by atoms with E-state index in [0.717, 1.165) is 19.3 Å². The summed E-state index contributed by atoms with van der Waals surface area (Å²) in [5.74, 6) is 0.273. The molecule has 1 aromatic heterocycles. The minimum atomic E-state index is -0.760. The monoisotopic (exact) mass is 320 g/mol. The molecule has 0 atom stereocenters. The quantitative estimate of drug-likeness (QED) is 0.688. The topological polar surface area (TPSA) is 102 Å². The Balaban J connectivity index is 1.92. The number of benzene rings is 1. The van der Waals surface area contributed by atoms with Gasteiger partial charge in [0.2, 0.25) is 0 Å². The van der Waals surface area contributed by atoms with Crippen molar-refractivity contribution in [3.05, 3.63) is 28.8 Å². The molecule has 0 amide bonds. The minimum absolute atomic E-state index is 0.208. The number of carboxylic acid groups (broad SMARTS) is 1. The normalized spacial score (nSPS) is 10.7. The molecule has 0 bridgehead atoms. The van der Waals surface area contributed by atoms with Crippen LogP contribution in [0.15, 0.2) is 23.3 Å². The molecule has 23 heavy (non-hydrogen) atoms. The van der Waals surface area contributed by atoms with Crippen LogP contribution in [0.2, 0.25) is 0 Å². The van der Waals surface area contributed by atoms with Crippen LogP contribution in [-0.2, 0) is 4.79 Å². The number of rotatable bonds is 9. The minimum Gasteiger partial charge on any atom is -0.493 e. The van der Waals surface area contributed by atoms with Gasteiger partial charge in [-0.05, 0) is 18.9 Å². The van der Waals surface area contributed by atoms with E-state index < -0.39 is 5.97 Å². The number of aliphatic carboxylic acids is 1. The summed E-state index contributed by atoms with van der Waals surface area (Å²) in [5.41, 5.74) is 0.323. The molecule has 0 unspecified atom stereocenters. The number of methoxy groups -OCH3 is 1. The first kappa shape index (κ1) is 16.8. The maximum atomic E-state index is 11.7. The van der Waals surface area contributed by atoms with E-state index in [1.165, 1.54) is 13.4 Å². The van der Waals surface area contributed by atoms with E-state index in [2.05, 4.69) is 9.97 Å². The van der Waals surface area contributed by atoms with Crippen molar-refractivity contribution in [3.63, 3.8) is 0 Å². The third-order valence-corrected chi connectivity index (χ3v) is 3.47. The van der Waals surface area contributed by atoms with Crippen molar-refractivity contribution in [2.45, 2.75) is 32.1 Å². The van der Waals surface area contributed by atoms with Crippen LogP contribution in [-0.4, -0.2) is 34.8 Å². The first-order valence-electron chi connectivity index (χ1n) is 7.52. The largest absolute Gasteiger partial charge is 0.493 e. The number of carboxylic acids is 1. The summed E-state index contributed by atoms with van der Waals surface area (Å²) < 4.78 is 11.0. The number of hydrogen-bond acceptors (Lipinski definition) is 5. The van der Waals surface area contributed by atoms with Crippen LogP contribution in [0.3, 0.4) is 0 Å². The lowest BCUT2D eigenvalue weighted by molar-refractivity contribution is -0.137. The Hall–Kier alpha value is -2.57. The lowest BCUT2D eigenvalue weighted by Crippen LogP contribution is -2.07. The Morgan fingerprint density at radius 1 is 1.22 bits per heavy atom. The average molecular weight is 320 g/mol. The van der Waals surface area contributed by atoms with Gasteiger partial charge in [0, 0.05) is 12.5 Å². The van der Waals surface area contributed by atoms with Crippen LogP contribution in [0.25, 0.3) is 10.9 Å². The molecule has 7 nitrogen and oxygen atoms in total. The van der Waals surface area contributed by atoms with Crippen molar-refractivity contribution in [2.75, 3.05) is 13.7 Å². The summed E-state index contributed by atoms with van der Waals surface area (Å²) >= 11 is 0. The number of unbranched alkanes of at least 4 members (excludes halogenated alkanes) is 3. The molecule has 0 aliphatic rings. The van der Waals surface area contributed by atoms with Crippen LogP contribution in [0.5, 0.6) is 11.5 Å². The molecule has 0 aliphatic carbocycles. The Kier molecular flexibility index (Phi) is 5.96. The molecule has 2 rings (SSSR count). The van der Waals surface area contributed by atoms with E-state index in [4.69, 9.17) is 14.6 Å². The zero-order valence-electron chi connectivity index (χ0n) is 13.0. The molecule has 7 heteroatoms. The van der Waals surface area contributed by atoms with Crippen molar-refractivity contribution < 1.29 is 19.4 Å². The van der Waals surface area contributed by atoms with E-state index >= 15 is 0 Å². The van der Waals surface area contributed by atoms with Gasteiger partial charge in [0.15, 0.2) is 11.5 Å². The second-order valence-electron chi connectivity index (χ2n) is 5.16. The first-order chi connectivity index (χ1) is 11.1. The maximum absolute atomic E-state index is 11.7. The van der Waals surface area contributed by atoms with Crippen molar-refractivity contribution in [1.29, 1.82) is 0 Å². The summed E-state index contributed by atoms with van der Waals surface area (Å²) in [6.07, 6.45) is 4.83. The fourth-order valence-electron chi connectivity index (χ4n) is 2.26. The van der Waals surface area contributed by atoms with Gasteiger partial charge in [-0.1, -0.05) is 12.8 Å². The van der Waals surface area contributed by atoms with Crippen molar-refractivity contribution in [1.82, 2.24) is 9.97 Å². The third kappa shape index (κ3) is 4.70. The molecular formula is C16H20N2O5. The second kappa shape index (κ2) is 8.17. The van der Waals surface area contributed by atoms with Gasteiger partial charge in [-0.3, -0.25) is 9.59 Å². The number of aromatic amines is 1. The van der Waals surface area contributed by atoms with Crippen LogP contribution in [0, 0.1) is 0 Å². The number of nitrogens with zero attached hydrogens (tertiary/aromatic N) is 1. The number of H-pyrrole nitrogens is 1. The van der Waals surface area contributed by atoms with Crippen LogP contribution in [0.4, 0.5) is 0 Å². The van der Waals surface area contributed by atoms with Gasteiger partial charge < -0.3 is 19.6 Å². The molecule has 0 spiro atoms. The Morgan fingerprint density at radius 2 is 2.00 bits per heavy atom. The van der Waals surface area contributed by atoms with E-state index in [1.54, 1.807) is 12.1 Å². The fourth-order valence-corrected chi connectivity index (χ4v) is 2.26. The molecule has 0 aliphatic heterocycles. The molecule has 2 aromatic rings. The van der Waals surface area contributed by atoms with Gasteiger partial charge in [-0.15, -0.1) is 0 Å². The highest BCUT2D eigenvalue weighted by atomic mass is 16.5. The standard InChI is InChI=1S/C16H20N2O5/c1-22-13-8-11-12(17-10-18-16(11)21)9-14(13)23-7-5-3-2-4-6-15(19)20/h8-10H,2-7H2,1H3,(H,19,20)(H,17,18,21). The highest BCUT2D eigenvalue weighted by Crippen LogP contribution is 2.30. The lowest BCUT2D eigenvalue weighted by Gasteiger charge is -2.11. The van der Waals surface area contributed by atoms with Gasteiger partial charge in [-0.2, -0.15) is 0 Å². The van der Waals surface area contributed by atoms with Crippen molar-refractivity contribution in [2.24, 2.45) is 0 Å². The third-order valence-electron chi connectivity index (χ3n) is 3.47. The lowest BCUT2D eigenvalue weighted by atomic mass is 10.1. The Bertz CT molecular complexity index is 726. The predicted molar refractivity (Wildman–Crippen MR) is 85.1 cm³/mol. The summed E-state index contributed by atoms with van der Waals surface area (Å²) in [6.45, 7) is 0.498. The van der Waals surface area contributed by atoms with Crippen LogP contribution >= 0.6 is 0 Å². The smallest absolute Gasteiger partial charge is 0.303 e. The molecule has 0 fully saturated rings. The number of nitrogens with one attached hydrogen (secondary N) is 1. The summed E-state index contributed by atoms with van der Waals surface area (Å²) in [7, 11) is 1.52. The number of carbonyl (C=O) groups is 1. The maximum Gasteiger partial charge on any atom is 0.303 e. The fraction of sp³-hybridized carbons (Fsp3) is 0.438. The second-order valence-corrected chi connectivity index (χ2v) is 5.16. The average Bonchev–Trinajstić information content (AvgIpc) is 2.53. The Morgan fingerprint density at radius 3 is 2.74 bits per heavy atom. The van der Waals surface area contributed by atoms with Crippen molar-refractivity contribution in [3.8, 4) is 11.5 Å². The van der Waals surface area contributed by atoms with Crippen LogP contribution in [0.1, 0.15) is 32.1 Å². The first-order valence-corrected chi connectivity index (χ1v) is 7.52. The number of aromatic nitrogens is 2. The van der Waals surface area contributed by atoms with Crippen LogP contribution < -0.4 is 15.0 Å². The molecule has 0 radical (unpaired) electrons. The van der Waals surface area contributed by atoms with Gasteiger partial charge in [0.05, 0.1) is 30.9 Å². The zero-order chi connectivity index (χ0) is 16.7. The molecule has 2 N–H and O–H groups in total. The van der Waals surface area contributed by atoms with Gasteiger partial charge in [0.1, 0.15) is 0 Å². The van der Waals surface area contributed by atoms with Gasteiger partial charge in [0.25, 0.3) is 5.56 Å². The predicted octanol–water partition coefficient (Wildman–Crippen LogP) is 2.35. The number of ether oxygens (including phenoxy) is 2. The molecule has 1 aromatic carbocycles. The van der Waals surface area contributed by atoms with E-state index in [-0.39, 0.29) is 12.0 Å².